The van der Waals surface area contributed by atoms with E-state index < -0.39 is 0 Å². The average Bonchev–Trinajstić information content (AvgIpc) is 2.83. The van der Waals surface area contributed by atoms with Crippen LogP contribution in [-0.2, 0) is 0 Å². The highest BCUT2D eigenvalue weighted by molar-refractivity contribution is 6.12. The second-order valence-corrected chi connectivity index (χ2v) is 4.31. The molecule has 2 aromatic carbocycles. The number of nitrogens with zero attached hydrogens (tertiary/aromatic N) is 1. The molecule has 0 saturated carbocycles. The number of anilines is 1. The fourth-order valence-electron chi connectivity index (χ4n) is 2.03. The van der Waals surface area contributed by atoms with Crippen molar-refractivity contribution in [3.63, 3.8) is 0 Å². The van der Waals surface area contributed by atoms with Gasteiger partial charge in [-0.15, -0.1) is 0 Å². The number of fused-ring (bicyclic) bond motifs is 1. The summed E-state index contributed by atoms with van der Waals surface area (Å²) in [5.74, 6) is 0.156. The van der Waals surface area contributed by atoms with Gasteiger partial charge in [-0.1, -0.05) is 41.6 Å². The number of aryl methyl sites for hydroxylation is 1. The molecule has 0 aliphatic carbocycles. The van der Waals surface area contributed by atoms with Crippen LogP contribution in [0.2, 0.25) is 0 Å². The summed E-state index contributed by atoms with van der Waals surface area (Å²) in [6.45, 7) is 1.80. The Bertz CT molecular complexity index is 741. The van der Waals surface area contributed by atoms with Gasteiger partial charge in [0.1, 0.15) is 0 Å². The van der Waals surface area contributed by atoms with Gasteiger partial charge in [0.05, 0.1) is 5.69 Å². The number of carbonyl (C=O) groups is 1. The Morgan fingerprint density at radius 2 is 1.95 bits per heavy atom. The van der Waals surface area contributed by atoms with E-state index in [9.17, 15) is 4.79 Å². The molecule has 4 heteroatoms. The molecule has 0 aliphatic rings. The van der Waals surface area contributed by atoms with Gasteiger partial charge in [0.15, 0.2) is 0 Å². The van der Waals surface area contributed by atoms with Gasteiger partial charge in [-0.2, -0.15) is 0 Å². The molecule has 1 amide bonds. The smallest absolute Gasteiger partial charge is 0.258 e. The molecule has 1 heterocycles. The van der Waals surface area contributed by atoms with Crippen LogP contribution in [0.3, 0.4) is 0 Å². The van der Waals surface area contributed by atoms with Crippen LogP contribution in [-0.4, -0.2) is 11.1 Å². The molecule has 1 aromatic heterocycles. The minimum Gasteiger partial charge on any atom is -0.338 e. The first kappa shape index (κ1) is 11.5. The monoisotopic (exact) mass is 252 g/mol. The van der Waals surface area contributed by atoms with Crippen molar-refractivity contribution in [1.82, 2.24) is 5.16 Å². The van der Waals surface area contributed by atoms with Gasteiger partial charge >= 0.3 is 0 Å². The van der Waals surface area contributed by atoms with Crippen LogP contribution >= 0.6 is 0 Å². The van der Waals surface area contributed by atoms with Crippen molar-refractivity contribution >= 4 is 22.6 Å². The highest BCUT2D eigenvalue weighted by atomic mass is 16.5. The molecule has 0 unspecified atom stereocenters. The summed E-state index contributed by atoms with van der Waals surface area (Å²) >= 11 is 0. The third-order valence-electron chi connectivity index (χ3n) is 2.90. The molecule has 0 fully saturated rings. The fourth-order valence-corrected chi connectivity index (χ4v) is 2.03. The van der Waals surface area contributed by atoms with Crippen LogP contribution in [0.25, 0.3) is 10.8 Å². The lowest BCUT2D eigenvalue weighted by Crippen LogP contribution is -2.11. The minimum absolute atomic E-state index is 0.201. The van der Waals surface area contributed by atoms with E-state index in [0.717, 1.165) is 16.5 Å². The van der Waals surface area contributed by atoms with Gasteiger partial charge in [-0.3, -0.25) is 10.1 Å². The second kappa shape index (κ2) is 4.57. The molecule has 4 nitrogen and oxygen atoms in total. The predicted molar refractivity (Wildman–Crippen MR) is 73.1 cm³/mol. The minimum atomic E-state index is -0.201. The Kier molecular flexibility index (Phi) is 2.76. The summed E-state index contributed by atoms with van der Waals surface area (Å²) in [5, 5.41) is 8.39. The lowest BCUT2D eigenvalue weighted by atomic mass is 10.0. The van der Waals surface area contributed by atoms with Crippen LogP contribution in [0.5, 0.6) is 0 Å². The van der Waals surface area contributed by atoms with E-state index >= 15 is 0 Å². The quantitative estimate of drug-likeness (QED) is 0.760. The van der Waals surface area contributed by atoms with E-state index in [1.807, 2.05) is 36.4 Å². The first-order chi connectivity index (χ1) is 9.24. The van der Waals surface area contributed by atoms with Crippen LogP contribution in [0.4, 0.5) is 5.88 Å². The first-order valence-corrected chi connectivity index (χ1v) is 5.96. The molecule has 0 bridgehead atoms. The SMILES string of the molecule is Cc1cc(NC(=O)c2cccc3ccccc23)on1. The molecule has 3 rings (SSSR count). The maximum absolute atomic E-state index is 12.2. The van der Waals surface area contributed by atoms with Crippen molar-refractivity contribution in [2.75, 3.05) is 5.32 Å². The van der Waals surface area contributed by atoms with Crippen LogP contribution < -0.4 is 5.32 Å². The van der Waals surface area contributed by atoms with Gasteiger partial charge < -0.3 is 4.52 Å². The van der Waals surface area contributed by atoms with Crippen LogP contribution in [0.15, 0.2) is 53.1 Å². The Hall–Kier alpha value is -2.62. The average molecular weight is 252 g/mol. The zero-order valence-electron chi connectivity index (χ0n) is 10.4. The third kappa shape index (κ3) is 2.20. The summed E-state index contributed by atoms with van der Waals surface area (Å²) in [7, 11) is 0. The number of nitrogens with one attached hydrogen (secondary N) is 1. The second-order valence-electron chi connectivity index (χ2n) is 4.31. The molecule has 0 aliphatic heterocycles. The number of amides is 1. The van der Waals surface area contributed by atoms with Gasteiger partial charge in [0, 0.05) is 11.6 Å². The Labute approximate surface area is 110 Å². The van der Waals surface area contributed by atoms with E-state index in [2.05, 4.69) is 10.5 Å². The summed E-state index contributed by atoms with van der Waals surface area (Å²) in [6, 6.07) is 15.1. The standard InChI is InChI=1S/C15H12N2O2/c1-10-9-14(19-17-10)16-15(18)13-8-4-6-11-5-2-3-7-12(11)13/h2-9H,1H3,(H,16,18). The van der Waals surface area contributed by atoms with Gasteiger partial charge in [-0.05, 0) is 23.8 Å². The van der Waals surface area contributed by atoms with E-state index in [1.54, 1.807) is 19.1 Å². The molecular weight excluding hydrogens is 240 g/mol. The fraction of sp³-hybridized carbons (Fsp3) is 0.0667. The Morgan fingerprint density at radius 3 is 2.74 bits per heavy atom. The third-order valence-corrected chi connectivity index (χ3v) is 2.90. The largest absolute Gasteiger partial charge is 0.338 e. The molecule has 0 spiro atoms. The Morgan fingerprint density at radius 1 is 1.16 bits per heavy atom. The zero-order valence-corrected chi connectivity index (χ0v) is 10.4. The number of aromatic nitrogens is 1. The van der Waals surface area contributed by atoms with Gasteiger partial charge in [0.2, 0.25) is 5.88 Å². The molecule has 0 atom stereocenters. The van der Waals surface area contributed by atoms with E-state index in [4.69, 9.17) is 4.52 Å². The van der Waals surface area contributed by atoms with Crippen molar-refractivity contribution in [3.05, 3.63) is 59.8 Å². The van der Waals surface area contributed by atoms with Crippen molar-refractivity contribution in [2.24, 2.45) is 0 Å². The molecular formula is C15H12N2O2. The highest BCUT2D eigenvalue weighted by Gasteiger charge is 2.11. The summed E-state index contributed by atoms with van der Waals surface area (Å²) in [6.07, 6.45) is 0. The molecule has 94 valence electrons. The summed E-state index contributed by atoms with van der Waals surface area (Å²) < 4.78 is 4.99. The zero-order chi connectivity index (χ0) is 13.2. The van der Waals surface area contributed by atoms with Crippen LogP contribution in [0, 0.1) is 6.92 Å². The molecule has 0 radical (unpaired) electrons. The van der Waals surface area contributed by atoms with Crippen LogP contribution in [0.1, 0.15) is 16.1 Å². The summed E-state index contributed by atoms with van der Waals surface area (Å²) in [5.41, 5.74) is 1.35. The van der Waals surface area contributed by atoms with E-state index in [-0.39, 0.29) is 5.91 Å². The maximum atomic E-state index is 12.2. The number of hydrogen-bond donors (Lipinski definition) is 1. The first-order valence-electron chi connectivity index (χ1n) is 5.96. The predicted octanol–water partition coefficient (Wildman–Crippen LogP) is 3.39. The molecule has 0 saturated heterocycles. The number of rotatable bonds is 2. The molecule has 3 aromatic rings. The topological polar surface area (TPSA) is 55.1 Å². The normalized spacial score (nSPS) is 10.6. The van der Waals surface area contributed by atoms with E-state index in [0.29, 0.717) is 11.4 Å². The van der Waals surface area contributed by atoms with Crippen molar-refractivity contribution in [3.8, 4) is 0 Å². The van der Waals surface area contributed by atoms with Crippen molar-refractivity contribution in [2.45, 2.75) is 6.92 Å². The maximum Gasteiger partial charge on any atom is 0.258 e. The molecule has 1 N–H and O–H groups in total. The number of hydrogen-bond acceptors (Lipinski definition) is 3. The molecule has 19 heavy (non-hydrogen) atoms. The summed E-state index contributed by atoms with van der Waals surface area (Å²) in [4.78, 5) is 12.2. The van der Waals surface area contributed by atoms with Crippen molar-refractivity contribution in [1.29, 1.82) is 0 Å². The number of carbonyl (C=O) groups excluding carboxylic acids is 1. The van der Waals surface area contributed by atoms with Crippen molar-refractivity contribution < 1.29 is 9.32 Å². The van der Waals surface area contributed by atoms with E-state index in [1.165, 1.54) is 0 Å². The Balaban J connectivity index is 1.97. The van der Waals surface area contributed by atoms with Gasteiger partial charge in [0.25, 0.3) is 5.91 Å². The highest BCUT2D eigenvalue weighted by Crippen LogP contribution is 2.20. The number of benzene rings is 2. The lowest BCUT2D eigenvalue weighted by molar-refractivity contribution is 0.102. The lowest BCUT2D eigenvalue weighted by Gasteiger charge is -2.05. The van der Waals surface area contributed by atoms with Gasteiger partial charge in [-0.25, -0.2) is 0 Å².